The zero-order valence-corrected chi connectivity index (χ0v) is 23.7. The second-order valence-corrected chi connectivity index (χ2v) is 12.4. The topological polar surface area (TPSA) is 80.9 Å². The van der Waals surface area contributed by atoms with E-state index in [9.17, 15) is 20.4 Å². The van der Waals surface area contributed by atoms with Gasteiger partial charge in [0, 0.05) is 30.3 Å². The Morgan fingerprint density at radius 1 is 0.639 bits per heavy atom. The molecule has 0 aliphatic heterocycles. The quantitative estimate of drug-likeness (QED) is 0.232. The molecule has 0 saturated carbocycles. The summed E-state index contributed by atoms with van der Waals surface area (Å²) in [5.74, 6) is 0.477. The van der Waals surface area contributed by atoms with E-state index in [1.165, 1.54) is 0 Å². The van der Waals surface area contributed by atoms with Crippen LogP contribution in [0.5, 0.6) is 11.5 Å². The minimum atomic E-state index is -0.246. The Morgan fingerprint density at radius 2 is 1.06 bits per heavy atom. The molecule has 2 rings (SSSR count). The summed E-state index contributed by atoms with van der Waals surface area (Å²) in [6.45, 7) is 15.1. The van der Waals surface area contributed by atoms with Crippen LogP contribution in [0.3, 0.4) is 0 Å². The number of rotatable bonds is 12. The average molecular weight is 499 g/mol. The molecule has 202 valence electrons. The van der Waals surface area contributed by atoms with Crippen LogP contribution in [0.4, 0.5) is 0 Å². The van der Waals surface area contributed by atoms with E-state index in [0.29, 0.717) is 24.3 Å². The maximum atomic E-state index is 11.6. The molecule has 2 aromatic carbocycles. The minimum absolute atomic E-state index is 0.129. The van der Waals surface area contributed by atoms with E-state index in [-0.39, 0.29) is 30.0 Å². The van der Waals surface area contributed by atoms with Crippen molar-refractivity contribution >= 4 is 0 Å². The molecule has 0 aliphatic carbocycles. The van der Waals surface area contributed by atoms with E-state index in [2.05, 4.69) is 72.7 Å². The van der Waals surface area contributed by atoms with Gasteiger partial charge in [0.05, 0.1) is 0 Å². The predicted molar refractivity (Wildman–Crippen MR) is 150 cm³/mol. The highest BCUT2D eigenvalue weighted by Gasteiger charge is 2.30. The van der Waals surface area contributed by atoms with Crippen molar-refractivity contribution in [3.8, 4) is 11.5 Å². The Hall–Kier alpha value is -2.04. The van der Waals surface area contributed by atoms with Crippen LogP contribution < -0.4 is 0 Å². The number of benzene rings is 2. The van der Waals surface area contributed by atoms with Crippen molar-refractivity contribution in [2.45, 2.75) is 117 Å². The van der Waals surface area contributed by atoms with Crippen LogP contribution in [-0.2, 0) is 23.7 Å². The molecule has 0 atom stereocenters. The van der Waals surface area contributed by atoms with Crippen LogP contribution in [-0.4, -0.2) is 33.6 Å². The normalized spacial score (nSPS) is 12.5. The maximum absolute atomic E-state index is 11.6. The summed E-state index contributed by atoms with van der Waals surface area (Å²) in [6.07, 6.45) is 6.83. The van der Waals surface area contributed by atoms with Crippen LogP contribution in [0.15, 0.2) is 24.3 Å². The summed E-state index contributed by atoms with van der Waals surface area (Å²) >= 11 is 0. The predicted octanol–water partition coefficient (Wildman–Crippen LogP) is 7.25. The number of unbranched alkanes of at least 4 members (excludes halogenated alkanes) is 2. The lowest BCUT2D eigenvalue weighted by Crippen LogP contribution is -2.16. The molecule has 4 N–H and O–H groups in total. The van der Waals surface area contributed by atoms with Crippen molar-refractivity contribution in [3.05, 3.63) is 57.6 Å². The molecule has 0 unspecified atom stereocenters. The van der Waals surface area contributed by atoms with Crippen LogP contribution in [0.25, 0.3) is 0 Å². The van der Waals surface area contributed by atoms with E-state index < -0.39 is 0 Å². The number of aryl methyl sites for hydroxylation is 2. The smallest absolute Gasteiger partial charge is 0.123 e. The van der Waals surface area contributed by atoms with Crippen molar-refractivity contribution < 1.29 is 20.4 Å². The summed E-state index contributed by atoms with van der Waals surface area (Å²) < 4.78 is 0. The zero-order chi connectivity index (χ0) is 27.1. The Balaban J connectivity index is 2.83. The summed E-state index contributed by atoms with van der Waals surface area (Å²) in [4.78, 5) is 0. The third kappa shape index (κ3) is 7.73. The molecule has 0 saturated heterocycles. The fourth-order valence-corrected chi connectivity index (χ4v) is 5.04. The number of aromatic hydroxyl groups is 2. The van der Waals surface area contributed by atoms with Crippen molar-refractivity contribution in [2.75, 3.05) is 13.2 Å². The van der Waals surface area contributed by atoms with Gasteiger partial charge in [-0.25, -0.2) is 0 Å². The Morgan fingerprint density at radius 3 is 1.39 bits per heavy atom. The number of phenolic OH excluding ortho intramolecular Hbond substituents is 2. The zero-order valence-electron chi connectivity index (χ0n) is 23.7. The molecule has 2 aromatic rings. The van der Waals surface area contributed by atoms with Gasteiger partial charge in [-0.15, -0.1) is 0 Å². The highest BCUT2D eigenvalue weighted by atomic mass is 16.3. The van der Waals surface area contributed by atoms with Crippen molar-refractivity contribution in [3.63, 3.8) is 0 Å². The third-order valence-electron chi connectivity index (χ3n) is 7.11. The van der Waals surface area contributed by atoms with E-state index >= 15 is 0 Å². The van der Waals surface area contributed by atoms with Gasteiger partial charge >= 0.3 is 0 Å². The van der Waals surface area contributed by atoms with Crippen LogP contribution in [0.2, 0.25) is 0 Å². The Bertz CT molecular complexity index is 904. The molecule has 4 heteroatoms. The first-order chi connectivity index (χ1) is 16.8. The van der Waals surface area contributed by atoms with E-state index in [1.54, 1.807) is 0 Å². The third-order valence-corrected chi connectivity index (χ3v) is 7.11. The van der Waals surface area contributed by atoms with Crippen molar-refractivity contribution in [1.29, 1.82) is 0 Å². The Labute approximate surface area is 219 Å². The number of phenols is 2. The molecule has 0 spiro atoms. The molecule has 4 nitrogen and oxygen atoms in total. The molecule has 0 aliphatic rings. The standard InChI is InChI=1S/C32H50O4/c1-8-9-10-15-24(25-18-22(13-11-16-33)20-27(29(25)35)31(2,3)4)26-19-23(14-12-17-34)21-28(30(26)36)32(5,6)7/h18-21,24,33-36H,8-17H2,1-7H3. The Kier molecular flexibility index (Phi) is 10.9. The summed E-state index contributed by atoms with van der Waals surface area (Å²) in [5.41, 5.74) is 5.25. The number of aliphatic hydroxyl groups excluding tert-OH is 2. The van der Waals surface area contributed by atoms with Crippen molar-refractivity contribution in [2.24, 2.45) is 0 Å². The number of aliphatic hydroxyl groups is 2. The fraction of sp³-hybridized carbons (Fsp3) is 0.625. The van der Waals surface area contributed by atoms with Gasteiger partial charge < -0.3 is 20.4 Å². The fourth-order valence-electron chi connectivity index (χ4n) is 5.04. The lowest BCUT2D eigenvalue weighted by atomic mass is 9.76. The molecule has 36 heavy (non-hydrogen) atoms. The summed E-state index contributed by atoms with van der Waals surface area (Å²) in [6, 6.07) is 8.34. The van der Waals surface area contributed by atoms with Crippen LogP contribution in [0.1, 0.15) is 126 Å². The monoisotopic (exact) mass is 498 g/mol. The molecular formula is C32H50O4. The number of hydrogen-bond donors (Lipinski definition) is 4. The van der Waals surface area contributed by atoms with Gasteiger partial charge in [0.25, 0.3) is 0 Å². The SMILES string of the molecule is CCCCCC(c1cc(CCCO)cc(C(C)(C)C)c1O)c1cc(CCCO)cc(C(C)(C)C)c1O. The van der Waals surface area contributed by atoms with Gasteiger partial charge in [-0.3, -0.25) is 0 Å². The molecular weight excluding hydrogens is 448 g/mol. The van der Waals surface area contributed by atoms with Gasteiger partial charge in [-0.2, -0.15) is 0 Å². The molecule has 0 bridgehead atoms. The highest BCUT2D eigenvalue weighted by molar-refractivity contribution is 5.56. The van der Waals surface area contributed by atoms with Gasteiger partial charge in [0.2, 0.25) is 0 Å². The lowest BCUT2D eigenvalue weighted by molar-refractivity contribution is 0.288. The molecule has 0 radical (unpaired) electrons. The molecule has 0 heterocycles. The van der Waals surface area contributed by atoms with Crippen LogP contribution in [0, 0.1) is 0 Å². The van der Waals surface area contributed by atoms with Crippen LogP contribution >= 0.6 is 0 Å². The first kappa shape index (κ1) is 30.2. The van der Waals surface area contributed by atoms with Gasteiger partial charge in [-0.1, -0.05) is 92.0 Å². The molecule has 0 aromatic heterocycles. The largest absolute Gasteiger partial charge is 0.507 e. The molecule has 0 fully saturated rings. The van der Waals surface area contributed by atoms with E-state index in [0.717, 1.165) is 71.9 Å². The maximum Gasteiger partial charge on any atom is 0.123 e. The summed E-state index contributed by atoms with van der Waals surface area (Å²) in [7, 11) is 0. The second-order valence-electron chi connectivity index (χ2n) is 12.4. The summed E-state index contributed by atoms with van der Waals surface area (Å²) in [5, 5.41) is 42.2. The van der Waals surface area contributed by atoms with Gasteiger partial charge in [0.15, 0.2) is 0 Å². The lowest BCUT2D eigenvalue weighted by Gasteiger charge is -2.29. The second kappa shape index (κ2) is 13.0. The van der Waals surface area contributed by atoms with Crippen molar-refractivity contribution in [1.82, 2.24) is 0 Å². The van der Waals surface area contributed by atoms with E-state index in [1.807, 2.05) is 0 Å². The highest BCUT2D eigenvalue weighted by Crippen LogP contribution is 2.46. The average Bonchev–Trinajstić information content (AvgIpc) is 2.79. The van der Waals surface area contributed by atoms with Gasteiger partial charge in [-0.05, 0) is 65.2 Å². The van der Waals surface area contributed by atoms with Gasteiger partial charge in [0.1, 0.15) is 11.5 Å². The number of hydrogen-bond acceptors (Lipinski definition) is 4. The molecule has 0 amide bonds. The van der Waals surface area contributed by atoms with E-state index in [4.69, 9.17) is 0 Å². The first-order valence-electron chi connectivity index (χ1n) is 13.8. The first-order valence-corrected chi connectivity index (χ1v) is 13.8. The minimum Gasteiger partial charge on any atom is -0.507 e.